The molecule has 0 unspecified atom stereocenters. The van der Waals surface area contributed by atoms with Crippen LogP contribution in [-0.2, 0) is 6.54 Å². The monoisotopic (exact) mass is 282 g/mol. The molecule has 2 aromatic rings. The standard InChI is InChI=1S/C14H18N2S.ClH/c15-12-5-7-16(8-6-12)9-11-10-17-14-4-2-1-3-13(11)14;/h1-4,10,12H,5-9,15H2;1H. The van der Waals surface area contributed by atoms with Crippen LogP contribution in [0.2, 0.25) is 0 Å². The van der Waals surface area contributed by atoms with E-state index in [0.29, 0.717) is 6.04 Å². The molecule has 1 aromatic heterocycles. The molecule has 18 heavy (non-hydrogen) atoms. The summed E-state index contributed by atoms with van der Waals surface area (Å²) >= 11 is 1.85. The van der Waals surface area contributed by atoms with Gasteiger partial charge in [-0.3, -0.25) is 4.90 Å². The Kier molecular flexibility index (Phi) is 4.62. The van der Waals surface area contributed by atoms with Crippen LogP contribution < -0.4 is 5.73 Å². The first-order chi connectivity index (χ1) is 8.33. The third-order valence-electron chi connectivity index (χ3n) is 3.59. The first kappa shape index (κ1) is 13.8. The highest BCUT2D eigenvalue weighted by atomic mass is 35.5. The molecular formula is C14H19ClN2S. The summed E-state index contributed by atoms with van der Waals surface area (Å²) in [4.78, 5) is 2.53. The zero-order valence-corrected chi connectivity index (χ0v) is 12.0. The highest BCUT2D eigenvalue weighted by molar-refractivity contribution is 7.17. The highest BCUT2D eigenvalue weighted by Gasteiger charge is 2.17. The van der Waals surface area contributed by atoms with E-state index in [2.05, 4.69) is 34.5 Å². The lowest BCUT2D eigenvalue weighted by molar-refractivity contribution is 0.206. The molecule has 0 aliphatic carbocycles. The number of hydrogen-bond acceptors (Lipinski definition) is 3. The predicted molar refractivity (Wildman–Crippen MR) is 81.6 cm³/mol. The molecule has 1 fully saturated rings. The Hall–Kier alpha value is -0.610. The van der Waals surface area contributed by atoms with Crippen LogP contribution in [0.5, 0.6) is 0 Å². The van der Waals surface area contributed by atoms with E-state index in [1.54, 1.807) is 0 Å². The fourth-order valence-corrected chi connectivity index (χ4v) is 3.46. The molecule has 3 rings (SSSR count). The van der Waals surface area contributed by atoms with Gasteiger partial charge in [-0.2, -0.15) is 0 Å². The zero-order valence-electron chi connectivity index (χ0n) is 10.3. The van der Waals surface area contributed by atoms with Gasteiger partial charge in [-0.1, -0.05) is 18.2 Å². The average Bonchev–Trinajstić information content (AvgIpc) is 2.76. The Morgan fingerprint density at radius 1 is 1.22 bits per heavy atom. The van der Waals surface area contributed by atoms with Gasteiger partial charge in [0.25, 0.3) is 0 Å². The van der Waals surface area contributed by atoms with Crippen LogP contribution in [0.25, 0.3) is 10.1 Å². The molecule has 0 spiro atoms. The lowest BCUT2D eigenvalue weighted by atomic mass is 10.1. The lowest BCUT2D eigenvalue weighted by Crippen LogP contribution is -2.39. The highest BCUT2D eigenvalue weighted by Crippen LogP contribution is 2.27. The second-order valence-electron chi connectivity index (χ2n) is 4.87. The minimum absolute atomic E-state index is 0. The van der Waals surface area contributed by atoms with Gasteiger partial charge in [0.15, 0.2) is 0 Å². The summed E-state index contributed by atoms with van der Waals surface area (Å²) in [5.41, 5.74) is 7.41. The van der Waals surface area contributed by atoms with Crippen molar-refractivity contribution in [1.29, 1.82) is 0 Å². The van der Waals surface area contributed by atoms with Gasteiger partial charge in [0.1, 0.15) is 0 Å². The van der Waals surface area contributed by atoms with E-state index < -0.39 is 0 Å². The lowest BCUT2D eigenvalue weighted by Gasteiger charge is -2.29. The van der Waals surface area contributed by atoms with Crippen molar-refractivity contribution in [2.24, 2.45) is 5.73 Å². The van der Waals surface area contributed by atoms with E-state index in [9.17, 15) is 0 Å². The Bertz CT molecular complexity index is 503. The topological polar surface area (TPSA) is 29.3 Å². The van der Waals surface area contributed by atoms with E-state index >= 15 is 0 Å². The number of halogens is 1. The number of likely N-dealkylation sites (tertiary alicyclic amines) is 1. The molecule has 2 nitrogen and oxygen atoms in total. The SMILES string of the molecule is Cl.NC1CCN(Cc2csc3ccccc23)CC1. The average molecular weight is 283 g/mol. The molecule has 4 heteroatoms. The number of hydrogen-bond donors (Lipinski definition) is 1. The summed E-state index contributed by atoms with van der Waals surface area (Å²) in [5, 5.41) is 3.73. The second kappa shape index (κ2) is 6.02. The van der Waals surface area contributed by atoms with Crippen molar-refractivity contribution >= 4 is 33.8 Å². The molecule has 1 aromatic carbocycles. The van der Waals surface area contributed by atoms with Gasteiger partial charge >= 0.3 is 0 Å². The van der Waals surface area contributed by atoms with Crippen molar-refractivity contribution in [2.75, 3.05) is 13.1 Å². The van der Waals surface area contributed by atoms with E-state index in [1.807, 2.05) is 11.3 Å². The number of thiophene rings is 1. The summed E-state index contributed by atoms with van der Waals surface area (Å²) < 4.78 is 1.40. The van der Waals surface area contributed by atoms with Crippen LogP contribution in [-0.4, -0.2) is 24.0 Å². The Morgan fingerprint density at radius 2 is 1.94 bits per heavy atom. The number of piperidine rings is 1. The van der Waals surface area contributed by atoms with Gasteiger partial charge in [0, 0.05) is 17.3 Å². The smallest absolute Gasteiger partial charge is 0.0346 e. The zero-order chi connectivity index (χ0) is 11.7. The molecule has 0 radical (unpaired) electrons. The Morgan fingerprint density at radius 3 is 2.72 bits per heavy atom. The molecule has 0 bridgehead atoms. The molecular weight excluding hydrogens is 264 g/mol. The summed E-state index contributed by atoms with van der Waals surface area (Å²) in [6, 6.07) is 9.10. The third kappa shape index (κ3) is 2.86. The number of nitrogens with zero attached hydrogens (tertiary/aromatic N) is 1. The van der Waals surface area contributed by atoms with Crippen molar-refractivity contribution in [3.8, 4) is 0 Å². The summed E-state index contributed by atoms with van der Waals surface area (Å²) in [5.74, 6) is 0. The molecule has 1 aliphatic rings. The van der Waals surface area contributed by atoms with Crippen LogP contribution in [0.4, 0.5) is 0 Å². The van der Waals surface area contributed by atoms with Crippen molar-refractivity contribution in [2.45, 2.75) is 25.4 Å². The first-order valence-electron chi connectivity index (χ1n) is 6.26. The maximum Gasteiger partial charge on any atom is 0.0346 e. The number of fused-ring (bicyclic) bond motifs is 1. The van der Waals surface area contributed by atoms with Crippen molar-refractivity contribution < 1.29 is 0 Å². The quantitative estimate of drug-likeness (QED) is 0.916. The maximum atomic E-state index is 5.94. The molecule has 98 valence electrons. The van der Waals surface area contributed by atoms with Gasteiger partial charge in [-0.05, 0) is 48.3 Å². The Labute approximate surface area is 118 Å². The molecule has 0 amide bonds. The van der Waals surface area contributed by atoms with Crippen molar-refractivity contribution in [1.82, 2.24) is 4.90 Å². The van der Waals surface area contributed by atoms with Crippen molar-refractivity contribution in [3.63, 3.8) is 0 Å². The van der Waals surface area contributed by atoms with Gasteiger partial charge in [-0.15, -0.1) is 23.7 Å². The minimum Gasteiger partial charge on any atom is -0.328 e. The van der Waals surface area contributed by atoms with Crippen LogP contribution >= 0.6 is 23.7 Å². The molecule has 1 saturated heterocycles. The van der Waals surface area contributed by atoms with Crippen LogP contribution in [0, 0.1) is 0 Å². The van der Waals surface area contributed by atoms with Crippen LogP contribution in [0.15, 0.2) is 29.6 Å². The minimum atomic E-state index is 0. The Balaban J connectivity index is 0.00000120. The van der Waals surface area contributed by atoms with Gasteiger partial charge in [-0.25, -0.2) is 0 Å². The number of nitrogens with two attached hydrogens (primary N) is 1. The summed E-state index contributed by atoms with van der Waals surface area (Å²) in [6.45, 7) is 3.37. The fraction of sp³-hybridized carbons (Fsp3) is 0.429. The van der Waals surface area contributed by atoms with Gasteiger partial charge in [0.2, 0.25) is 0 Å². The largest absolute Gasteiger partial charge is 0.328 e. The number of benzene rings is 1. The van der Waals surface area contributed by atoms with E-state index in [0.717, 1.165) is 32.5 Å². The van der Waals surface area contributed by atoms with Crippen LogP contribution in [0.1, 0.15) is 18.4 Å². The fourth-order valence-electron chi connectivity index (χ4n) is 2.51. The van der Waals surface area contributed by atoms with Crippen molar-refractivity contribution in [3.05, 3.63) is 35.2 Å². The third-order valence-corrected chi connectivity index (χ3v) is 4.60. The molecule has 2 heterocycles. The molecule has 0 atom stereocenters. The van der Waals surface area contributed by atoms with E-state index in [4.69, 9.17) is 5.73 Å². The first-order valence-corrected chi connectivity index (χ1v) is 7.14. The predicted octanol–water partition coefficient (Wildman–Crippen LogP) is 3.25. The second-order valence-corrected chi connectivity index (χ2v) is 5.78. The molecule has 1 aliphatic heterocycles. The summed E-state index contributed by atoms with van der Waals surface area (Å²) in [6.07, 6.45) is 2.28. The van der Waals surface area contributed by atoms with Gasteiger partial charge in [0.05, 0.1) is 0 Å². The summed E-state index contributed by atoms with van der Waals surface area (Å²) in [7, 11) is 0. The maximum absolute atomic E-state index is 5.94. The van der Waals surface area contributed by atoms with Crippen LogP contribution in [0.3, 0.4) is 0 Å². The number of rotatable bonds is 2. The van der Waals surface area contributed by atoms with Gasteiger partial charge < -0.3 is 5.73 Å². The van der Waals surface area contributed by atoms with E-state index in [-0.39, 0.29) is 12.4 Å². The van der Waals surface area contributed by atoms with E-state index in [1.165, 1.54) is 15.6 Å². The normalized spacial score (nSPS) is 17.8. The molecule has 2 N–H and O–H groups in total. The molecule has 0 saturated carbocycles.